The number of hydrogen-bond acceptors (Lipinski definition) is 4. The molecule has 0 aromatic carbocycles. The average Bonchev–Trinajstić information content (AvgIpc) is 2.08. The van der Waals surface area contributed by atoms with Gasteiger partial charge in [-0.1, -0.05) is 0 Å². The van der Waals surface area contributed by atoms with Crippen LogP contribution in [0.1, 0.15) is 53.9 Å². The minimum atomic E-state index is -0.711. The Morgan fingerprint density at radius 2 is 1.58 bits per heavy atom. The van der Waals surface area contributed by atoms with Gasteiger partial charge >= 0.3 is 5.97 Å². The standard InChI is InChI=1S/C13H24N2O4/c1-12(2,3)19-11(18)7-6-10(17)15-13(4,5)8-9(14)16/h6-8H2,1-5H3,(H2,14,16)(H,15,17). The third kappa shape index (κ3) is 10.1. The topological polar surface area (TPSA) is 98.5 Å². The normalized spacial score (nSPS) is 11.8. The zero-order valence-corrected chi connectivity index (χ0v) is 12.3. The smallest absolute Gasteiger partial charge is 0.306 e. The third-order valence-electron chi connectivity index (χ3n) is 2.07. The van der Waals surface area contributed by atoms with E-state index in [2.05, 4.69) is 5.32 Å². The molecule has 0 saturated carbocycles. The Bertz CT molecular complexity index is 356. The fourth-order valence-corrected chi connectivity index (χ4v) is 1.53. The lowest BCUT2D eigenvalue weighted by Crippen LogP contribution is -2.46. The van der Waals surface area contributed by atoms with E-state index in [1.165, 1.54) is 0 Å². The van der Waals surface area contributed by atoms with Crippen LogP contribution in [0, 0.1) is 0 Å². The minimum absolute atomic E-state index is 0.00968. The number of carbonyl (C=O) groups excluding carboxylic acids is 3. The van der Waals surface area contributed by atoms with E-state index in [9.17, 15) is 14.4 Å². The quantitative estimate of drug-likeness (QED) is 0.701. The van der Waals surface area contributed by atoms with Crippen LogP contribution in [0.25, 0.3) is 0 Å². The van der Waals surface area contributed by atoms with Gasteiger partial charge in [-0.3, -0.25) is 14.4 Å². The van der Waals surface area contributed by atoms with Crippen molar-refractivity contribution in [3.63, 3.8) is 0 Å². The largest absolute Gasteiger partial charge is 0.460 e. The molecular weight excluding hydrogens is 248 g/mol. The Morgan fingerprint density at radius 1 is 1.05 bits per heavy atom. The second-order valence-corrected chi connectivity index (χ2v) is 6.16. The van der Waals surface area contributed by atoms with Crippen LogP contribution < -0.4 is 11.1 Å². The molecule has 0 bridgehead atoms. The summed E-state index contributed by atoms with van der Waals surface area (Å²) in [4.78, 5) is 33.9. The Labute approximate surface area is 114 Å². The van der Waals surface area contributed by atoms with E-state index in [1.54, 1.807) is 34.6 Å². The zero-order valence-electron chi connectivity index (χ0n) is 12.3. The first kappa shape index (κ1) is 17.4. The molecule has 110 valence electrons. The van der Waals surface area contributed by atoms with E-state index < -0.39 is 23.0 Å². The monoisotopic (exact) mass is 272 g/mol. The van der Waals surface area contributed by atoms with Gasteiger partial charge < -0.3 is 15.8 Å². The van der Waals surface area contributed by atoms with Gasteiger partial charge in [-0.05, 0) is 34.6 Å². The molecule has 6 heteroatoms. The average molecular weight is 272 g/mol. The van der Waals surface area contributed by atoms with Gasteiger partial charge in [0.05, 0.1) is 6.42 Å². The number of nitrogens with one attached hydrogen (secondary N) is 1. The first-order valence-electron chi connectivity index (χ1n) is 6.22. The molecule has 0 heterocycles. The van der Waals surface area contributed by atoms with Crippen LogP contribution >= 0.6 is 0 Å². The summed E-state index contributed by atoms with van der Waals surface area (Å²) in [6.45, 7) is 8.69. The van der Waals surface area contributed by atoms with Crippen molar-refractivity contribution in [2.24, 2.45) is 5.73 Å². The summed E-state index contributed by atoms with van der Waals surface area (Å²) in [5.74, 6) is -1.22. The van der Waals surface area contributed by atoms with Crippen LogP contribution in [0.5, 0.6) is 0 Å². The molecule has 0 radical (unpaired) electrons. The summed E-state index contributed by atoms with van der Waals surface area (Å²) in [5.41, 5.74) is 3.81. The lowest BCUT2D eigenvalue weighted by atomic mass is 10.00. The van der Waals surface area contributed by atoms with E-state index in [0.29, 0.717) is 0 Å². The molecule has 0 unspecified atom stereocenters. The predicted octanol–water partition coefficient (Wildman–Crippen LogP) is 0.879. The van der Waals surface area contributed by atoms with Crippen LogP contribution in [0.4, 0.5) is 0 Å². The Balaban J connectivity index is 4.13. The lowest BCUT2D eigenvalue weighted by molar-refractivity contribution is -0.155. The van der Waals surface area contributed by atoms with Gasteiger partial charge in [0.2, 0.25) is 11.8 Å². The SMILES string of the molecule is CC(C)(CC(N)=O)NC(=O)CCC(=O)OC(C)(C)C. The predicted molar refractivity (Wildman–Crippen MR) is 71.1 cm³/mol. The van der Waals surface area contributed by atoms with E-state index in [-0.39, 0.29) is 25.2 Å². The van der Waals surface area contributed by atoms with Crippen LogP contribution in [-0.2, 0) is 19.1 Å². The van der Waals surface area contributed by atoms with Crippen molar-refractivity contribution < 1.29 is 19.1 Å². The molecule has 0 spiro atoms. The van der Waals surface area contributed by atoms with Crippen LogP contribution in [0.3, 0.4) is 0 Å². The third-order valence-corrected chi connectivity index (χ3v) is 2.07. The number of carbonyl (C=O) groups is 3. The summed E-state index contributed by atoms with van der Waals surface area (Å²) in [5, 5.41) is 2.66. The molecule has 0 aromatic heterocycles. The maximum absolute atomic E-state index is 11.6. The summed E-state index contributed by atoms with van der Waals surface area (Å²) in [6.07, 6.45) is 0.0814. The first-order valence-corrected chi connectivity index (χ1v) is 6.22. The molecule has 0 aromatic rings. The number of ether oxygens (including phenoxy) is 1. The highest BCUT2D eigenvalue weighted by Crippen LogP contribution is 2.11. The molecule has 0 rings (SSSR count). The second-order valence-electron chi connectivity index (χ2n) is 6.16. The highest BCUT2D eigenvalue weighted by molar-refractivity contribution is 5.83. The molecule has 19 heavy (non-hydrogen) atoms. The van der Waals surface area contributed by atoms with Crippen molar-refractivity contribution in [2.45, 2.75) is 65.0 Å². The summed E-state index contributed by atoms with van der Waals surface area (Å²) >= 11 is 0. The number of nitrogens with two attached hydrogens (primary N) is 1. The van der Waals surface area contributed by atoms with Crippen LogP contribution in [0.15, 0.2) is 0 Å². The Kier molecular flexibility index (Phi) is 5.99. The van der Waals surface area contributed by atoms with E-state index in [1.807, 2.05) is 0 Å². The number of hydrogen-bond donors (Lipinski definition) is 2. The van der Waals surface area contributed by atoms with Gasteiger partial charge in [0.15, 0.2) is 0 Å². The highest BCUT2D eigenvalue weighted by atomic mass is 16.6. The van der Waals surface area contributed by atoms with E-state index >= 15 is 0 Å². The van der Waals surface area contributed by atoms with Crippen molar-refractivity contribution in [1.29, 1.82) is 0 Å². The number of esters is 1. The molecule has 3 N–H and O–H groups in total. The molecule has 6 nitrogen and oxygen atoms in total. The first-order chi connectivity index (χ1) is 8.41. The molecule has 0 aliphatic carbocycles. The van der Waals surface area contributed by atoms with Crippen molar-refractivity contribution in [1.82, 2.24) is 5.32 Å². The summed E-state index contributed by atoms with van der Waals surface area (Å²) < 4.78 is 5.09. The Morgan fingerprint density at radius 3 is 2.00 bits per heavy atom. The van der Waals surface area contributed by atoms with Crippen molar-refractivity contribution in [2.75, 3.05) is 0 Å². The zero-order chi connectivity index (χ0) is 15.3. The summed E-state index contributed by atoms with van der Waals surface area (Å²) in [6, 6.07) is 0. The molecule has 2 amide bonds. The van der Waals surface area contributed by atoms with Crippen molar-refractivity contribution in [3.05, 3.63) is 0 Å². The van der Waals surface area contributed by atoms with Crippen LogP contribution in [0.2, 0.25) is 0 Å². The van der Waals surface area contributed by atoms with Crippen molar-refractivity contribution in [3.8, 4) is 0 Å². The van der Waals surface area contributed by atoms with Gasteiger partial charge in [0.25, 0.3) is 0 Å². The van der Waals surface area contributed by atoms with E-state index in [0.717, 1.165) is 0 Å². The highest BCUT2D eigenvalue weighted by Gasteiger charge is 2.23. The van der Waals surface area contributed by atoms with Crippen molar-refractivity contribution >= 4 is 17.8 Å². The van der Waals surface area contributed by atoms with E-state index in [4.69, 9.17) is 10.5 Å². The fourth-order valence-electron chi connectivity index (χ4n) is 1.53. The minimum Gasteiger partial charge on any atom is -0.460 e. The van der Waals surface area contributed by atoms with Gasteiger partial charge in [-0.15, -0.1) is 0 Å². The maximum Gasteiger partial charge on any atom is 0.306 e. The van der Waals surface area contributed by atoms with Gasteiger partial charge in [-0.2, -0.15) is 0 Å². The molecular formula is C13H24N2O4. The molecule has 0 aliphatic rings. The number of amides is 2. The molecule has 0 atom stereocenters. The summed E-state index contributed by atoms with van der Waals surface area (Å²) in [7, 11) is 0. The van der Waals surface area contributed by atoms with Gasteiger partial charge in [0.1, 0.15) is 5.60 Å². The second kappa shape index (κ2) is 6.54. The van der Waals surface area contributed by atoms with Crippen LogP contribution in [-0.4, -0.2) is 28.9 Å². The maximum atomic E-state index is 11.6. The Hall–Kier alpha value is -1.59. The number of rotatable bonds is 6. The molecule has 0 aliphatic heterocycles. The molecule has 0 fully saturated rings. The molecule has 0 saturated heterocycles. The van der Waals surface area contributed by atoms with Gasteiger partial charge in [0, 0.05) is 18.4 Å². The fraction of sp³-hybridized carbons (Fsp3) is 0.769. The van der Waals surface area contributed by atoms with Gasteiger partial charge in [-0.25, -0.2) is 0 Å². The lowest BCUT2D eigenvalue weighted by Gasteiger charge is -2.25. The number of primary amides is 1.